The zero-order valence-electron chi connectivity index (χ0n) is 8.90. The molecule has 16 heavy (non-hydrogen) atoms. The lowest BCUT2D eigenvalue weighted by Gasteiger charge is -2.10. The van der Waals surface area contributed by atoms with E-state index in [0.29, 0.717) is 6.61 Å². The van der Waals surface area contributed by atoms with Gasteiger partial charge < -0.3 is 4.74 Å². The molecule has 0 bridgehead atoms. The maximum Gasteiger partial charge on any atom is 0.127 e. The predicted octanol–water partition coefficient (Wildman–Crippen LogP) is 4.13. The average Bonchev–Trinajstić information content (AvgIpc) is 2.38. The van der Waals surface area contributed by atoms with Gasteiger partial charge in [0, 0.05) is 10.9 Å². The molecular weight excluding hydrogens is 264 g/mol. The van der Waals surface area contributed by atoms with Gasteiger partial charge in [0.1, 0.15) is 5.75 Å². The van der Waals surface area contributed by atoms with Crippen LogP contribution in [0.15, 0.2) is 54.6 Å². The van der Waals surface area contributed by atoms with Crippen molar-refractivity contribution in [2.45, 2.75) is 0 Å². The van der Waals surface area contributed by atoms with E-state index in [2.05, 4.69) is 34.1 Å². The zero-order chi connectivity index (χ0) is 11.2. The first-order valence-electron chi connectivity index (χ1n) is 5.25. The number of hydrogen-bond donors (Lipinski definition) is 0. The molecular formula is C14H13BrO. The third-order valence-corrected chi connectivity index (χ3v) is 2.63. The molecule has 0 aliphatic rings. The molecule has 2 rings (SSSR count). The lowest BCUT2D eigenvalue weighted by atomic mass is 10.1. The molecule has 1 nitrogen and oxygen atoms in total. The van der Waals surface area contributed by atoms with Crippen LogP contribution in [0.4, 0.5) is 0 Å². The van der Waals surface area contributed by atoms with E-state index in [0.717, 1.165) is 16.6 Å². The lowest BCUT2D eigenvalue weighted by Crippen LogP contribution is -1.98. The molecule has 0 aliphatic carbocycles. The van der Waals surface area contributed by atoms with Crippen molar-refractivity contribution >= 4 is 15.9 Å². The SMILES string of the molecule is BrCCOc1ccccc1-c1ccccc1. The summed E-state index contributed by atoms with van der Waals surface area (Å²) in [5, 5.41) is 0.843. The molecule has 0 spiro atoms. The van der Waals surface area contributed by atoms with Crippen LogP contribution in [0, 0.1) is 0 Å². The Kier molecular flexibility index (Phi) is 4.00. The standard InChI is InChI=1S/C14H13BrO/c15-10-11-16-14-9-5-4-8-13(14)12-6-2-1-3-7-12/h1-9H,10-11H2. The molecule has 82 valence electrons. The zero-order valence-corrected chi connectivity index (χ0v) is 10.5. The number of benzene rings is 2. The summed E-state index contributed by atoms with van der Waals surface area (Å²) in [4.78, 5) is 0. The normalized spacial score (nSPS) is 10.1. The summed E-state index contributed by atoms with van der Waals surface area (Å²) in [6, 6.07) is 18.4. The fourth-order valence-corrected chi connectivity index (χ4v) is 1.76. The second-order valence-corrected chi connectivity index (χ2v) is 4.19. The van der Waals surface area contributed by atoms with Crippen LogP contribution in [-0.4, -0.2) is 11.9 Å². The Morgan fingerprint density at radius 3 is 2.31 bits per heavy atom. The molecule has 0 N–H and O–H groups in total. The number of rotatable bonds is 4. The first kappa shape index (κ1) is 11.2. The van der Waals surface area contributed by atoms with Crippen LogP contribution in [-0.2, 0) is 0 Å². The summed E-state index contributed by atoms with van der Waals surface area (Å²) >= 11 is 3.36. The largest absolute Gasteiger partial charge is 0.492 e. The predicted molar refractivity (Wildman–Crippen MR) is 71.2 cm³/mol. The van der Waals surface area contributed by atoms with Crippen molar-refractivity contribution in [1.82, 2.24) is 0 Å². The summed E-state index contributed by atoms with van der Waals surface area (Å²) in [5.74, 6) is 0.938. The quantitative estimate of drug-likeness (QED) is 0.763. The van der Waals surface area contributed by atoms with Gasteiger partial charge in [-0.3, -0.25) is 0 Å². The number of alkyl halides is 1. The summed E-state index contributed by atoms with van der Waals surface area (Å²) < 4.78 is 5.69. The minimum absolute atomic E-state index is 0.684. The molecule has 2 heteroatoms. The van der Waals surface area contributed by atoms with E-state index in [-0.39, 0.29) is 0 Å². The topological polar surface area (TPSA) is 9.23 Å². The molecule has 0 aliphatic heterocycles. The van der Waals surface area contributed by atoms with Crippen molar-refractivity contribution in [1.29, 1.82) is 0 Å². The molecule has 0 aromatic heterocycles. The number of para-hydroxylation sites is 1. The highest BCUT2D eigenvalue weighted by molar-refractivity contribution is 9.09. The van der Waals surface area contributed by atoms with Crippen LogP contribution < -0.4 is 4.74 Å². The first-order valence-corrected chi connectivity index (χ1v) is 6.37. The summed E-state index contributed by atoms with van der Waals surface area (Å²) in [6.07, 6.45) is 0. The Morgan fingerprint density at radius 2 is 1.56 bits per heavy atom. The lowest BCUT2D eigenvalue weighted by molar-refractivity contribution is 0.346. The number of ether oxygens (including phenoxy) is 1. The Balaban J connectivity index is 2.33. The van der Waals surface area contributed by atoms with Crippen LogP contribution in [0.25, 0.3) is 11.1 Å². The van der Waals surface area contributed by atoms with Crippen molar-refractivity contribution in [2.75, 3.05) is 11.9 Å². The molecule has 0 heterocycles. The van der Waals surface area contributed by atoms with Crippen LogP contribution in [0.3, 0.4) is 0 Å². The van der Waals surface area contributed by atoms with E-state index in [4.69, 9.17) is 4.74 Å². The molecule has 0 atom stereocenters. The maximum absolute atomic E-state index is 5.69. The van der Waals surface area contributed by atoms with Crippen LogP contribution >= 0.6 is 15.9 Å². The van der Waals surface area contributed by atoms with Crippen LogP contribution in [0.5, 0.6) is 5.75 Å². The van der Waals surface area contributed by atoms with Gasteiger partial charge in [-0.2, -0.15) is 0 Å². The summed E-state index contributed by atoms with van der Waals surface area (Å²) in [6.45, 7) is 0.684. The first-order chi connectivity index (χ1) is 7.92. The van der Waals surface area contributed by atoms with Crippen molar-refractivity contribution in [2.24, 2.45) is 0 Å². The van der Waals surface area contributed by atoms with Gasteiger partial charge >= 0.3 is 0 Å². The minimum Gasteiger partial charge on any atom is -0.492 e. The van der Waals surface area contributed by atoms with Crippen molar-refractivity contribution in [3.8, 4) is 16.9 Å². The van der Waals surface area contributed by atoms with Gasteiger partial charge in [-0.05, 0) is 11.6 Å². The van der Waals surface area contributed by atoms with E-state index in [1.54, 1.807) is 0 Å². The highest BCUT2D eigenvalue weighted by Gasteiger charge is 2.04. The van der Waals surface area contributed by atoms with Crippen LogP contribution in [0.2, 0.25) is 0 Å². The minimum atomic E-state index is 0.684. The Hall–Kier alpha value is -1.28. The third-order valence-electron chi connectivity index (χ3n) is 2.31. The monoisotopic (exact) mass is 276 g/mol. The Labute approximate surface area is 104 Å². The Bertz CT molecular complexity index is 439. The number of hydrogen-bond acceptors (Lipinski definition) is 1. The van der Waals surface area contributed by atoms with Gasteiger partial charge in [0.2, 0.25) is 0 Å². The van der Waals surface area contributed by atoms with Gasteiger partial charge in [-0.15, -0.1) is 0 Å². The highest BCUT2D eigenvalue weighted by Crippen LogP contribution is 2.29. The molecule has 0 saturated carbocycles. The molecule has 0 unspecified atom stereocenters. The van der Waals surface area contributed by atoms with Gasteiger partial charge in [-0.25, -0.2) is 0 Å². The Morgan fingerprint density at radius 1 is 0.875 bits per heavy atom. The second kappa shape index (κ2) is 5.71. The van der Waals surface area contributed by atoms with E-state index >= 15 is 0 Å². The smallest absolute Gasteiger partial charge is 0.127 e. The van der Waals surface area contributed by atoms with Gasteiger partial charge in [0.25, 0.3) is 0 Å². The molecule has 2 aromatic rings. The molecule has 0 radical (unpaired) electrons. The summed E-state index contributed by atoms with van der Waals surface area (Å²) in [7, 11) is 0. The van der Waals surface area contributed by atoms with Crippen molar-refractivity contribution in [3.05, 3.63) is 54.6 Å². The fraction of sp³-hybridized carbons (Fsp3) is 0.143. The summed E-state index contributed by atoms with van der Waals surface area (Å²) in [5.41, 5.74) is 2.33. The van der Waals surface area contributed by atoms with E-state index in [1.165, 1.54) is 5.56 Å². The average molecular weight is 277 g/mol. The molecule has 0 saturated heterocycles. The van der Waals surface area contributed by atoms with Crippen LogP contribution in [0.1, 0.15) is 0 Å². The van der Waals surface area contributed by atoms with Gasteiger partial charge in [0.05, 0.1) is 6.61 Å². The number of halogens is 1. The molecule has 2 aromatic carbocycles. The van der Waals surface area contributed by atoms with Gasteiger partial charge in [0.15, 0.2) is 0 Å². The van der Waals surface area contributed by atoms with Crippen molar-refractivity contribution < 1.29 is 4.74 Å². The molecule has 0 amide bonds. The maximum atomic E-state index is 5.69. The van der Waals surface area contributed by atoms with E-state index in [9.17, 15) is 0 Å². The highest BCUT2D eigenvalue weighted by atomic mass is 79.9. The second-order valence-electron chi connectivity index (χ2n) is 3.40. The molecule has 0 fully saturated rings. The third kappa shape index (κ3) is 2.64. The van der Waals surface area contributed by atoms with Crippen molar-refractivity contribution in [3.63, 3.8) is 0 Å². The van der Waals surface area contributed by atoms with E-state index in [1.807, 2.05) is 36.4 Å². The van der Waals surface area contributed by atoms with E-state index < -0.39 is 0 Å². The van der Waals surface area contributed by atoms with Gasteiger partial charge in [-0.1, -0.05) is 64.5 Å². The fourth-order valence-electron chi connectivity index (χ4n) is 1.60.